The number of rotatable bonds is 5. The second-order valence-electron chi connectivity index (χ2n) is 9.00. The molecule has 1 spiro atoms. The number of aryl methyl sites for hydroxylation is 2. The summed E-state index contributed by atoms with van der Waals surface area (Å²) in [4.78, 5) is 46.7. The molecule has 0 atom stereocenters. The second kappa shape index (κ2) is 8.26. The number of hydrogen-bond acceptors (Lipinski definition) is 5. The van der Waals surface area contributed by atoms with Gasteiger partial charge in [0.15, 0.2) is 5.13 Å². The number of benzene rings is 2. The number of imide groups is 1. The highest BCUT2D eigenvalue weighted by Gasteiger charge is 2.53. The van der Waals surface area contributed by atoms with Gasteiger partial charge in [-0.1, -0.05) is 60.6 Å². The molecule has 1 aromatic heterocycles. The SMILES string of the molecule is Cc1cc(C)c2nc(N(Cc3ccccc3)C(=O)CN3C(=O)NC4(CCCC4)C3=O)sc2c1. The highest BCUT2D eigenvalue weighted by atomic mass is 32.1. The van der Waals surface area contributed by atoms with E-state index in [1.807, 2.05) is 44.2 Å². The zero-order valence-electron chi connectivity index (χ0n) is 18.8. The van der Waals surface area contributed by atoms with Gasteiger partial charge in [0.25, 0.3) is 5.91 Å². The van der Waals surface area contributed by atoms with Crippen molar-refractivity contribution in [3.05, 3.63) is 59.2 Å². The summed E-state index contributed by atoms with van der Waals surface area (Å²) in [6.07, 6.45) is 3.07. The minimum atomic E-state index is -0.827. The Hall–Kier alpha value is -3.26. The van der Waals surface area contributed by atoms with Crippen LogP contribution < -0.4 is 10.2 Å². The Balaban J connectivity index is 1.47. The number of carbonyl (C=O) groups is 3. The lowest BCUT2D eigenvalue weighted by atomic mass is 9.98. The van der Waals surface area contributed by atoms with Gasteiger partial charge in [-0.2, -0.15) is 0 Å². The van der Waals surface area contributed by atoms with Crippen molar-refractivity contribution in [3.8, 4) is 0 Å². The maximum atomic E-state index is 13.5. The van der Waals surface area contributed by atoms with Crippen molar-refractivity contribution in [2.45, 2.75) is 51.6 Å². The zero-order chi connectivity index (χ0) is 23.2. The minimum Gasteiger partial charge on any atom is -0.323 e. The molecule has 0 unspecified atom stereocenters. The summed E-state index contributed by atoms with van der Waals surface area (Å²) in [6.45, 7) is 4.06. The van der Waals surface area contributed by atoms with Crippen LogP contribution in [0.25, 0.3) is 10.2 Å². The van der Waals surface area contributed by atoms with E-state index in [-0.39, 0.29) is 18.4 Å². The number of aromatic nitrogens is 1. The molecule has 4 amide bonds. The zero-order valence-corrected chi connectivity index (χ0v) is 19.6. The van der Waals surface area contributed by atoms with E-state index in [1.165, 1.54) is 11.3 Å². The van der Waals surface area contributed by atoms with Crippen LogP contribution in [0.1, 0.15) is 42.4 Å². The lowest BCUT2D eigenvalue weighted by Crippen LogP contribution is -2.46. The van der Waals surface area contributed by atoms with Crippen LogP contribution in [0, 0.1) is 13.8 Å². The quantitative estimate of drug-likeness (QED) is 0.573. The normalized spacial score (nSPS) is 17.2. The largest absolute Gasteiger partial charge is 0.325 e. The Morgan fingerprint density at radius 2 is 1.88 bits per heavy atom. The highest BCUT2D eigenvalue weighted by molar-refractivity contribution is 7.22. The number of anilines is 1. The van der Waals surface area contributed by atoms with Gasteiger partial charge in [-0.05, 0) is 49.4 Å². The fourth-order valence-corrected chi connectivity index (χ4v) is 6.02. The Morgan fingerprint density at radius 1 is 1.15 bits per heavy atom. The van der Waals surface area contributed by atoms with Gasteiger partial charge in [0.1, 0.15) is 12.1 Å². The van der Waals surface area contributed by atoms with Gasteiger partial charge >= 0.3 is 6.03 Å². The number of thiazole rings is 1. The number of nitrogens with one attached hydrogen (secondary N) is 1. The average molecular weight is 463 g/mol. The molecular formula is C25H26N4O3S. The monoisotopic (exact) mass is 462 g/mol. The van der Waals surface area contributed by atoms with Crippen LogP contribution in [0.15, 0.2) is 42.5 Å². The standard InChI is InChI=1S/C25H26N4O3S/c1-16-12-17(2)21-19(13-16)33-24(26-21)28(14-18-8-4-3-5-9-18)20(30)15-29-22(31)25(27-23(29)32)10-6-7-11-25/h3-5,8-9,12-13H,6-7,10-11,14-15H2,1-2H3,(H,27,32). The van der Waals surface area contributed by atoms with E-state index < -0.39 is 11.6 Å². The first-order valence-electron chi connectivity index (χ1n) is 11.2. The molecular weight excluding hydrogens is 436 g/mol. The molecule has 0 bridgehead atoms. The molecule has 1 saturated heterocycles. The first kappa shape index (κ1) is 21.6. The highest BCUT2D eigenvalue weighted by Crippen LogP contribution is 2.36. The molecule has 2 heterocycles. The van der Waals surface area contributed by atoms with E-state index in [0.29, 0.717) is 24.5 Å². The lowest BCUT2D eigenvalue weighted by molar-refractivity contribution is -0.134. The summed E-state index contributed by atoms with van der Waals surface area (Å²) in [5, 5.41) is 3.42. The van der Waals surface area contributed by atoms with Gasteiger partial charge in [0.05, 0.1) is 16.8 Å². The summed E-state index contributed by atoms with van der Waals surface area (Å²) < 4.78 is 1.01. The van der Waals surface area contributed by atoms with Gasteiger partial charge < -0.3 is 5.32 Å². The van der Waals surface area contributed by atoms with E-state index in [2.05, 4.69) is 17.4 Å². The maximum absolute atomic E-state index is 13.5. The molecule has 1 N–H and O–H groups in total. The first-order chi connectivity index (χ1) is 15.9. The summed E-state index contributed by atoms with van der Waals surface area (Å²) in [5.41, 5.74) is 3.18. The third-order valence-corrected chi connectivity index (χ3v) is 7.56. The summed E-state index contributed by atoms with van der Waals surface area (Å²) >= 11 is 1.45. The number of hydrogen-bond donors (Lipinski definition) is 1. The molecule has 1 aliphatic heterocycles. The van der Waals surface area contributed by atoms with Crippen molar-refractivity contribution >= 4 is 44.5 Å². The number of fused-ring (bicyclic) bond motifs is 1. The summed E-state index contributed by atoms with van der Waals surface area (Å²) in [6, 6.07) is 13.3. The molecule has 8 heteroatoms. The van der Waals surface area contributed by atoms with Gasteiger partial charge in [-0.3, -0.25) is 19.4 Å². The Kier molecular flexibility index (Phi) is 5.40. The molecule has 3 aromatic rings. The molecule has 170 valence electrons. The van der Waals surface area contributed by atoms with Crippen molar-refractivity contribution in [3.63, 3.8) is 0 Å². The average Bonchev–Trinajstić information content (AvgIpc) is 3.48. The molecule has 2 aliphatic rings. The first-order valence-corrected chi connectivity index (χ1v) is 12.0. The third-order valence-electron chi connectivity index (χ3n) is 6.53. The van der Waals surface area contributed by atoms with Crippen molar-refractivity contribution < 1.29 is 14.4 Å². The van der Waals surface area contributed by atoms with E-state index >= 15 is 0 Å². The van der Waals surface area contributed by atoms with Crippen molar-refractivity contribution in [1.29, 1.82) is 0 Å². The van der Waals surface area contributed by atoms with E-state index in [1.54, 1.807) is 4.90 Å². The van der Waals surface area contributed by atoms with Crippen LogP contribution in [-0.2, 0) is 16.1 Å². The van der Waals surface area contributed by atoms with E-state index in [4.69, 9.17) is 4.98 Å². The Labute approximate surface area is 196 Å². The molecule has 33 heavy (non-hydrogen) atoms. The molecule has 2 fully saturated rings. The minimum absolute atomic E-state index is 0.284. The van der Waals surface area contributed by atoms with Gasteiger partial charge in [0.2, 0.25) is 5.91 Å². The fourth-order valence-electron chi connectivity index (χ4n) is 4.86. The van der Waals surface area contributed by atoms with Crippen LogP contribution in [0.5, 0.6) is 0 Å². The predicted octanol–water partition coefficient (Wildman–Crippen LogP) is 4.31. The lowest BCUT2D eigenvalue weighted by Gasteiger charge is -2.23. The number of amides is 4. The fraction of sp³-hybridized carbons (Fsp3) is 0.360. The Bertz CT molecular complexity index is 1250. The van der Waals surface area contributed by atoms with Crippen LogP contribution >= 0.6 is 11.3 Å². The maximum Gasteiger partial charge on any atom is 0.325 e. The Morgan fingerprint density at radius 3 is 2.61 bits per heavy atom. The number of nitrogens with zero attached hydrogens (tertiary/aromatic N) is 3. The molecule has 1 aliphatic carbocycles. The van der Waals surface area contributed by atoms with Gasteiger partial charge in [0, 0.05) is 0 Å². The van der Waals surface area contributed by atoms with Crippen LogP contribution in [0.2, 0.25) is 0 Å². The molecule has 1 saturated carbocycles. The smallest absolute Gasteiger partial charge is 0.323 e. The van der Waals surface area contributed by atoms with Crippen molar-refractivity contribution in [1.82, 2.24) is 15.2 Å². The van der Waals surface area contributed by atoms with E-state index in [0.717, 1.165) is 44.6 Å². The van der Waals surface area contributed by atoms with Crippen molar-refractivity contribution in [2.24, 2.45) is 0 Å². The molecule has 5 rings (SSSR count). The van der Waals surface area contributed by atoms with Gasteiger partial charge in [-0.25, -0.2) is 9.78 Å². The summed E-state index contributed by atoms with van der Waals surface area (Å²) in [7, 11) is 0. The molecule has 7 nitrogen and oxygen atoms in total. The van der Waals surface area contributed by atoms with Crippen LogP contribution in [0.3, 0.4) is 0 Å². The third kappa shape index (κ3) is 3.88. The molecule has 0 radical (unpaired) electrons. The number of urea groups is 1. The van der Waals surface area contributed by atoms with Crippen LogP contribution in [-0.4, -0.2) is 39.8 Å². The summed E-state index contributed by atoms with van der Waals surface area (Å²) in [5.74, 6) is -0.611. The predicted molar refractivity (Wildman–Crippen MR) is 128 cm³/mol. The van der Waals surface area contributed by atoms with Crippen LogP contribution in [0.4, 0.5) is 9.93 Å². The van der Waals surface area contributed by atoms with Crippen molar-refractivity contribution in [2.75, 3.05) is 11.4 Å². The molecule has 2 aromatic carbocycles. The topological polar surface area (TPSA) is 82.6 Å². The van der Waals surface area contributed by atoms with Gasteiger partial charge in [-0.15, -0.1) is 0 Å². The number of carbonyl (C=O) groups excluding carboxylic acids is 3. The second-order valence-corrected chi connectivity index (χ2v) is 10.0. The van der Waals surface area contributed by atoms with E-state index in [9.17, 15) is 14.4 Å².